The van der Waals surface area contributed by atoms with Crippen LogP contribution >= 0.6 is 0 Å². The van der Waals surface area contributed by atoms with Gasteiger partial charge in [-0.1, -0.05) is 23.8 Å². The standard InChI is InChI=1S/C19H24N2O3S/c1-13-5-9-17(10-6-13)25(23,24)21-12-19(4,20-15(21)3)16-8-7-14(2)18(22)11-16/h5-7,9-10,16H,8,11-12H2,1-4H3. The Morgan fingerprint density at radius 1 is 1.16 bits per heavy atom. The van der Waals surface area contributed by atoms with Crippen molar-refractivity contribution < 1.29 is 13.2 Å². The fraction of sp³-hybridized carbons (Fsp3) is 0.474. The molecule has 3 rings (SSSR count). The molecule has 2 aliphatic rings. The molecule has 25 heavy (non-hydrogen) atoms. The first kappa shape index (κ1) is 17.9. The van der Waals surface area contributed by atoms with Crippen LogP contribution in [0.5, 0.6) is 0 Å². The highest BCUT2D eigenvalue weighted by molar-refractivity contribution is 7.89. The molecule has 2 atom stereocenters. The van der Waals surface area contributed by atoms with Crippen LogP contribution in [0.2, 0.25) is 0 Å². The van der Waals surface area contributed by atoms with Crippen LogP contribution < -0.4 is 0 Å². The van der Waals surface area contributed by atoms with E-state index in [1.54, 1.807) is 31.2 Å². The van der Waals surface area contributed by atoms with Crippen LogP contribution in [0.15, 0.2) is 45.8 Å². The fourth-order valence-electron chi connectivity index (χ4n) is 3.56. The van der Waals surface area contributed by atoms with Crippen molar-refractivity contribution in [2.24, 2.45) is 10.9 Å². The zero-order valence-electron chi connectivity index (χ0n) is 15.1. The van der Waals surface area contributed by atoms with Crippen molar-refractivity contribution in [3.8, 4) is 0 Å². The van der Waals surface area contributed by atoms with E-state index in [4.69, 9.17) is 0 Å². The van der Waals surface area contributed by atoms with Crippen molar-refractivity contribution in [2.75, 3.05) is 6.54 Å². The average molecular weight is 360 g/mol. The minimum atomic E-state index is -3.64. The maximum atomic E-state index is 13.0. The largest absolute Gasteiger partial charge is 0.295 e. The van der Waals surface area contributed by atoms with Crippen molar-refractivity contribution >= 4 is 21.6 Å². The summed E-state index contributed by atoms with van der Waals surface area (Å²) in [6.45, 7) is 7.71. The lowest BCUT2D eigenvalue weighted by Gasteiger charge is -2.33. The molecule has 1 heterocycles. The number of Topliss-reactive ketones (excluding diaryl/α,β-unsaturated/α-hetero) is 1. The van der Waals surface area contributed by atoms with Crippen molar-refractivity contribution in [3.05, 3.63) is 41.5 Å². The third-order valence-electron chi connectivity index (χ3n) is 5.31. The van der Waals surface area contributed by atoms with Gasteiger partial charge in [0.2, 0.25) is 0 Å². The molecule has 0 bridgehead atoms. The Balaban J connectivity index is 1.88. The van der Waals surface area contributed by atoms with Gasteiger partial charge in [-0.3, -0.25) is 14.1 Å². The molecule has 0 saturated carbocycles. The van der Waals surface area contributed by atoms with Gasteiger partial charge in [0.25, 0.3) is 10.0 Å². The summed E-state index contributed by atoms with van der Waals surface area (Å²) in [4.78, 5) is 17.0. The molecule has 1 aliphatic carbocycles. The van der Waals surface area contributed by atoms with Crippen LogP contribution in [0.25, 0.3) is 0 Å². The number of benzene rings is 1. The number of carbonyl (C=O) groups excluding carboxylic acids is 1. The van der Waals surface area contributed by atoms with E-state index in [-0.39, 0.29) is 23.1 Å². The second-order valence-electron chi connectivity index (χ2n) is 7.29. The molecule has 0 radical (unpaired) electrons. The molecule has 1 aliphatic heterocycles. The summed E-state index contributed by atoms with van der Waals surface area (Å²) in [5.41, 5.74) is 1.23. The lowest BCUT2D eigenvalue weighted by Crippen LogP contribution is -2.43. The highest BCUT2D eigenvalue weighted by atomic mass is 32.2. The summed E-state index contributed by atoms with van der Waals surface area (Å²) in [5, 5.41) is 0. The van der Waals surface area contributed by atoms with Gasteiger partial charge in [0.05, 0.1) is 17.0 Å². The highest BCUT2D eigenvalue weighted by Crippen LogP contribution is 2.38. The number of ketones is 1. The number of aryl methyl sites for hydroxylation is 1. The molecule has 1 aromatic carbocycles. The predicted molar refractivity (Wildman–Crippen MR) is 98.1 cm³/mol. The normalized spacial score (nSPS) is 27.3. The van der Waals surface area contributed by atoms with E-state index in [1.807, 2.05) is 26.8 Å². The van der Waals surface area contributed by atoms with Gasteiger partial charge in [0.1, 0.15) is 5.84 Å². The van der Waals surface area contributed by atoms with E-state index >= 15 is 0 Å². The quantitative estimate of drug-likeness (QED) is 0.832. The minimum absolute atomic E-state index is 0.0249. The Morgan fingerprint density at radius 3 is 2.40 bits per heavy atom. The van der Waals surface area contributed by atoms with E-state index in [0.717, 1.165) is 17.6 Å². The molecule has 6 heteroatoms. The van der Waals surface area contributed by atoms with E-state index in [1.165, 1.54) is 4.31 Å². The molecule has 0 amide bonds. The molecule has 0 saturated heterocycles. The average Bonchev–Trinajstić information content (AvgIpc) is 2.87. The number of nitrogens with zero attached hydrogens (tertiary/aromatic N) is 2. The third kappa shape index (κ3) is 3.15. The van der Waals surface area contributed by atoms with Crippen molar-refractivity contribution in [1.82, 2.24) is 4.31 Å². The minimum Gasteiger partial charge on any atom is -0.295 e. The highest BCUT2D eigenvalue weighted by Gasteiger charge is 2.45. The van der Waals surface area contributed by atoms with Crippen LogP contribution in [0.4, 0.5) is 0 Å². The van der Waals surface area contributed by atoms with E-state index in [0.29, 0.717) is 12.3 Å². The number of hydrogen-bond donors (Lipinski definition) is 0. The molecule has 2 unspecified atom stereocenters. The van der Waals surface area contributed by atoms with Gasteiger partial charge in [0, 0.05) is 6.42 Å². The number of sulfonamides is 1. The summed E-state index contributed by atoms with van der Waals surface area (Å²) in [5.74, 6) is 0.642. The Morgan fingerprint density at radius 2 is 1.80 bits per heavy atom. The Labute approximate surface area is 149 Å². The first-order valence-corrected chi connectivity index (χ1v) is 9.93. The number of rotatable bonds is 3. The van der Waals surface area contributed by atoms with Crippen molar-refractivity contribution in [1.29, 1.82) is 0 Å². The zero-order chi connectivity index (χ0) is 18.4. The van der Waals surface area contributed by atoms with Crippen LogP contribution in [-0.4, -0.2) is 36.4 Å². The van der Waals surface area contributed by atoms with Crippen LogP contribution in [0.3, 0.4) is 0 Å². The van der Waals surface area contributed by atoms with Crippen LogP contribution in [0.1, 0.15) is 39.2 Å². The van der Waals surface area contributed by atoms with Gasteiger partial charge in [-0.05, 0) is 57.7 Å². The second-order valence-corrected chi connectivity index (χ2v) is 9.15. The van der Waals surface area contributed by atoms with Gasteiger partial charge in [-0.25, -0.2) is 8.42 Å². The number of amidine groups is 1. The second kappa shape index (κ2) is 6.09. The Bertz CT molecular complexity index is 868. The molecule has 0 fully saturated rings. The summed E-state index contributed by atoms with van der Waals surface area (Å²) in [7, 11) is -3.64. The van der Waals surface area contributed by atoms with Crippen molar-refractivity contribution in [2.45, 2.75) is 51.0 Å². The maximum absolute atomic E-state index is 13.0. The third-order valence-corrected chi connectivity index (χ3v) is 7.15. The van der Waals surface area contributed by atoms with Gasteiger partial charge < -0.3 is 0 Å². The van der Waals surface area contributed by atoms with Crippen LogP contribution in [-0.2, 0) is 14.8 Å². The smallest absolute Gasteiger partial charge is 0.265 e. The first-order valence-electron chi connectivity index (χ1n) is 8.49. The first-order chi connectivity index (χ1) is 11.6. The fourth-order valence-corrected chi connectivity index (χ4v) is 5.11. The van der Waals surface area contributed by atoms with Crippen molar-refractivity contribution in [3.63, 3.8) is 0 Å². The molecule has 0 spiro atoms. The zero-order valence-corrected chi connectivity index (χ0v) is 15.9. The van der Waals surface area contributed by atoms with Crippen LogP contribution in [0, 0.1) is 12.8 Å². The topological polar surface area (TPSA) is 66.8 Å². The predicted octanol–water partition coefficient (Wildman–Crippen LogP) is 3.10. The number of hydrogen-bond acceptors (Lipinski definition) is 4. The summed E-state index contributed by atoms with van der Waals surface area (Å²) in [6, 6.07) is 6.84. The molecular weight excluding hydrogens is 336 g/mol. The van der Waals surface area contributed by atoms with Gasteiger partial charge in [-0.15, -0.1) is 0 Å². The van der Waals surface area contributed by atoms with Gasteiger partial charge in [-0.2, -0.15) is 0 Å². The number of aliphatic imine (C=N–C) groups is 1. The monoisotopic (exact) mass is 360 g/mol. The lowest BCUT2D eigenvalue weighted by molar-refractivity contribution is -0.117. The van der Waals surface area contributed by atoms with E-state index in [9.17, 15) is 13.2 Å². The Hall–Kier alpha value is -1.95. The lowest BCUT2D eigenvalue weighted by atomic mass is 9.76. The molecule has 5 nitrogen and oxygen atoms in total. The molecule has 0 aromatic heterocycles. The SMILES string of the molecule is CC1=CCC(C2(C)CN(S(=O)(=O)c3ccc(C)cc3)C(C)=N2)CC1=O. The van der Waals surface area contributed by atoms with Gasteiger partial charge in [0.15, 0.2) is 5.78 Å². The van der Waals surface area contributed by atoms with Gasteiger partial charge >= 0.3 is 0 Å². The number of allylic oxidation sites excluding steroid dienone is 2. The molecular formula is C19H24N2O3S. The molecule has 1 aromatic rings. The molecule has 0 N–H and O–H groups in total. The summed E-state index contributed by atoms with van der Waals surface area (Å²) >= 11 is 0. The molecule has 134 valence electrons. The maximum Gasteiger partial charge on any atom is 0.265 e. The summed E-state index contributed by atoms with van der Waals surface area (Å²) < 4.78 is 27.4. The summed E-state index contributed by atoms with van der Waals surface area (Å²) in [6.07, 6.45) is 3.13. The Kier molecular flexibility index (Phi) is 4.35. The van der Waals surface area contributed by atoms with E-state index in [2.05, 4.69) is 4.99 Å². The number of carbonyl (C=O) groups is 1. The van der Waals surface area contributed by atoms with E-state index < -0.39 is 15.6 Å².